The Morgan fingerprint density at radius 3 is 2.57 bits per heavy atom. The van der Waals surface area contributed by atoms with Gasteiger partial charge in [0, 0.05) is 30.5 Å². The van der Waals surface area contributed by atoms with Crippen LogP contribution in [0, 0.1) is 0 Å². The monoisotopic (exact) mass is 381 g/mol. The van der Waals surface area contributed by atoms with Crippen molar-refractivity contribution in [1.82, 2.24) is 9.97 Å². The molecule has 0 saturated carbocycles. The number of aromatic amines is 2. The van der Waals surface area contributed by atoms with Gasteiger partial charge < -0.3 is 24.8 Å². The first-order valence-electron chi connectivity index (χ1n) is 9.03. The summed E-state index contributed by atoms with van der Waals surface area (Å²) in [6.45, 7) is 1.13. The van der Waals surface area contributed by atoms with Crippen LogP contribution in [0.1, 0.15) is 29.6 Å². The second-order valence-electron chi connectivity index (χ2n) is 6.52. The first kappa shape index (κ1) is 17.8. The van der Waals surface area contributed by atoms with Crippen LogP contribution in [-0.4, -0.2) is 34.9 Å². The standard InChI is InChI=1S/C20H19N3O5/c24-16(12-2-6-17-18(10-12)28-9-1-8-27-17)5-7-19(25)21-13-3-4-14-15(11-13)23-20(26)22-14/h2-4,6,10-11H,1,5,7-9H2,(H,21,25)(H2,22,23,26). The zero-order valence-electron chi connectivity index (χ0n) is 15.0. The van der Waals surface area contributed by atoms with Gasteiger partial charge in [0.25, 0.3) is 0 Å². The summed E-state index contributed by atoms with van der Waals surface area (Å²) in [5.41, 5.74) is 2.00. The predicted molar refractivity (Wildman–Crippen MR) is 103 cm³/mol. The minimum Gasteiger partial charge on any atom is -0.490 e. The van der Waals surface area contributed by atoms with Gasteiger partial charge in [0.15, 0.2) is 17.3 Å². The quantitative estimate of drug-likeness (QED) is 0.588. The van der Waals surface area contributed by atoms with Crippen LogP contribution in [0.2, 0.25) is 0 Å². The number of imidazole rings is 1. The Bertz CT molecular complexity index is 1100. The Balaban J connectivity index is 1.36. The van der Waals surface area contributed by atoms with Crippen molar-refractivity contribution in [1.29, 1.82) is 0 Å². The molecule has 0 fully saturated rings. The molecule has 0 aliphatic carbocycles. The summed E-state index contributed by atoms with van der Waals surface area (Å²) < 4.78 is 11.2. The molecule has 1 amide bonds. The molecule has 0 spiro atoms. The minimum atomic E-state index is -0.306. The van der Waals surface area contributed by atoms with Crippen molar-refractivity contribution in [3.8, 4) is 11.5 Å². The lowest BCUT2D eigenvalue weighted by molar-refractivity contribution is -0.116. The average Bonchev–Trinajstić information content (AvgIpc) is 2.90. The van der Waals surface area contributed by atoms with E-state index in [4.69, 9.17) is 9.47 Å². The van der Waals surface area contributed by atoms with E-state index in [1.165, 1.54) is 0 Å². The lowest BCUT2D eigenvalue weighted by Crippen LogP contribution is -2.13. The summed E-state index contributed by atoms with van der Waals surface area (Å²) in [5.74, 6) is 0.766. The van der Waals surface area contributed by atoms with Crippen LogP contribution in [0.5, 0.6) is 11.5 Å². The van der Waals surface area contributed by atoms with E-state index in [-0.39, 0.29) is 30.2 Å². The molecule has 8 nitrogen and oxygen atoms in total. The number of anilines is 1. The Kier molecular flexibility index (Phi) is 4.84. The number of H-pyrrole nitrogens is 2. The number of nitrogens with one attached hydrogen (secondary N) is 3. The third kappa shape index (κ3) is 3.90. The number of ketones is 1. The zero-order valence-corrected chi connectivity index (χ0v) is 15.0. The maximum Gasteiger partial charge on any atom is 0.323 e. The lowest BCUT2D eigenvalue weighted by atomic mass is 10.1. The lowest BCUT2D eigenvalue weighted by Gasteiger charge is -2.09. The van der Waals surface area contributed by atoms with Crippen molar-refractivity contribution in [2.24, 2.45) is 0 Å². The smallest absolute Gasteiger partial charge is 0.323 e. The van der Waals surface area contributed by atoms with Gasteiger partial charge in [-0.15, -0.1) is 0 Å². The van der Waals surface area contributed by atoms with Crippen LogP contribution < -0.4 is 20.5 Å². The van der Waals surface area contributed by atoms with Crippen LogP contribution in [0.3, 0.4) is 0 Å². The van der Waals surface area contributed by atoms with Crippen LogP contribution in [-0.2, 0) is 4.79 Å². The van der Waals surface area contributed by atoms with Crippen molar-refractivity contribution in [2.75, 3.05) is 18.5 Å². The topological polar surface area (TPSA) is 113 Å². The molecule has 1 aromatic heterocycles. The summed E-state index contributed by atoms with van der Waals surface area (Å²) in [7, 11) is 0. The molecule has 144 valence electrons. The number of hydrogen-bond acceptors (Lipinski definition) is 5. The maximum atomic E-state index is 12.4. The molecule has 0 atom stereocenters. The van der Waals surface area contributed by atoms with Gasteiger partial charge in [-0.2, -0.15) is 0 Å². The molecule has 3 aromatic rings. The van der Waals surface area contributed by atoms with Gasteiger partial charge >= 0.3 is 5.69 Å². The van der Waals surface area contributed by atoms with E-state index in [0.717, 1.165) is 6.42 Å². The van der Waals surface area contributed by atoms with Gasteiger partial charge in [0.1, 0.15) is 0 Å². The molecule has 4 rings (SSSR count). The molecular formula is C20H19N3O5. The Morgan fingerprint density at radius 1 is 0.929 bits per heavy atom. The fraction of sp³-hybridized carbons (Fsp3) is 0.250. The van der Waals surface area contributed by atoms with Crippen molar-refractivity contribution < 1.29 is 19.1 Å². The molecule has 1 aliphatic rings. The van der Waals surface area contributed by atoms with Gasteiger partial charge in [0.2, 0.25) is 5.91 Å². The van der Waals surface area contributed by atoms with E-state index in [2.05, 4.69) is 15.3 Å². The number of fused-ring (bicyclic) bond motifs is 2. The van der Waals surface area contributed by atoms with Crippen LogP contribution >= 0.6 is 0 Å². The number of amides is 1. The SMILES string of the molecule is O=C(CCC(=O)c1ccc2c(c1)OCCCO2)Nc1ccc2[nH]c(=O)[nH]c2c1. The number of benzene rings is 2. The second-order valence-corrected chi connectivity index (χ2v) is 6.52. The highest BCUT2D eigenvalue weighted by Gasteiger charge is 2.15. The number of carbonyl (C=O) groups excluding carboxylic acids is 2. The van der Waals surface area contributed by atoms with Gasteiger partial charge in [-0.25, -0.2) is 4.79 Å². The van der Waals surface area contributed by atoms with Crippen LogP contribution in [0.25, 0.3) is 11.0 Å². The fourth-order valence-corrected chi connectivity index (χ4v) is 3.04. The predicted octanol–water partition coefficient (Wildman–Crippen LogP) is 2.62. The fourth-order valence-electron chi connectivity index (χ4n) is 3.04. The maximum absolute atomic E-state index is 12.4. The Morgan fingerprint density at radius 2 is 1.71 bits per heavy atom. The molecule has 0 unspecified atom stereocenters. The summed E-state index contributed by atoms with van der Waals surface area (Å²) in [6, 6.07) is 10.1. The van der Waals surface area contributed by atoms with Crippen molar-refractivity contribution in [3.63, 3.8) is 0 Å². The molecule has 3 N–H and O–H groups in total. The average molecular weight is 381 g/mol. The zero-order chi connectivity index (χ0) is 19.5. The van der Waals surface area contributed by atoms with E-state index in [0.29, 0.717) is 47.0 Å². The summed E-state index contributed by atoms with van der Waals surface area (Å²) in [5, 5.41) is 2.74. The summed E-state index contributed by atoms with van der Waals surface area (Å²) >= 11 is 0. The number of carbonyl (C=O) groups is 2. The molecule has 0 bridgehead atoms. The number of hydrogen-bond donors (Lipinski definition) is 3. The van der Waals surface area contributed by atoms with Gasteiger partial charge in [-0.3, -0.25) is 9.59 Å². The minimum absolute atomic E-state index is 0.0506. The molecule has 0 radical (unpaired) electrons. The number of Topliss-reactive ketones (excluding diaryl/α,β-unsaturated/α-hetero) is 1. The van der Waals surface area contributed by atoms with Crippen molar-refractivity contribution in [2.45, 2.75) is 19.3 Å². The van der Waals surface area contributed by atoms with E-state index in [9.17, 15) is 14.4 Å². The normalized spacial score (nSPS) is 13.1. The first-order valence-corrected chi connectivity index (χ1v) is 9.03. The molecule has 8 heteroatoms. The third-order valence-electron chi connectivity index (χ3n) is 4.45. The van der Waals surface area contributed by atoms with Crippen LogP contribution in [0.15, 0.2) is 41.2 Å². The van der Waals surface area contributed by atoms with E-state index >= 15 is 0 Å². The highest BCUT2D eigenvalue weighted by Crippen LogP contribution is 2.30. The number of aromatic nitrogens is 2. The van der Waals surface area contributed by atoms with E-state index in [1.807, 2.05) is 0 Å². The largest absolute Gasteiger partial charge is 0.490 e. The summed E-state index contributed by atoms with van der Waals surface area (Å²) in [6.07, 6.45) is 0.921. The van der Waals surface area contributed by atoms with Crippen molar-refractivity contribution >= 4 is 28.4 Å². The molecule has 2 heterocycles. The van der Waals surface area contributed by atoms with Crippen molar-refractivity contribution in [3.05, 3.63) is 52.4 Å². The van der Waals surface area contributed by atoms with Gasteiger partial charge in [0.05, 0.1) is 24.2 Å². The first-order chi connectivity index (χ1) is 13.6. The van der Waals surface area contributed by atoms with E-state index in [1.54, 1.807) is 36.4 Å². The third-order valence-corrected chi connectivity index (χ3v) is 4.45. The summed E-state index contributed by atoms with van der Waals surface area (Å²) in [4.78, 5) is 41.2. The Labute approximate surface area is 159 Å². The number of ether oxygens (including phenoxy) is 2. The van der Waals surface area contributed by atoms with E-state index < -0.39 is 0 Å². The second kappa shape index (κ2) is 7.59. The van der Waals surface area contributed by atoms with Gasteiger partial charge in [-0.1, -0.05) is 0 Å². The molecule has 1 aliphatic heterocycles. The van der Waals surface area contributed by atoms with Gasteiger partial charge in [-0.05, 0) is 36.4 Å². The Hall–Kier alpha value is -3.55. The molecule has 28 heavy (non-hydrogen) atoms. The number of rotatable bonds is 5. The molecule has 2 aromatic carbocycles. The highest BCUT2D eigenvalue weighted by molar-refractivity contribution is 6.00. The molecular weight excluding hydrogens is 362 g/mol. The highest BCUT2D eigenvalue weighted by atomic mass is 16.5. The van der Waals surface area contributed by atoms with Crippen LogP contribution in [0.4, 0.5) is 5.69 Å². The molecule has 0 saturated heterocycles.